The standard InChI is InChI=1S/C21H32N4O/c1-17-9-4-6-15-25(17)16-7-5-14-22-21(26)13-8-12-20-23-18-10-2-3-11-19(18)24-20/h2-3,10-11,17H,4-9,12-16H2,1H3,(H,22,26)(H,23,24)/t17-/m1/s1. The van der Waals surface area contributed by atoms with Gasteiger partial charge in [0.05, 0.1) is 11.0 Å². The Labute approximate surface area is 156 Å². The number of amides is 1. The van der Waals surface area contributed by atoms with Gasteiger partial charge in [-0.15, -0.1) is 0 Å². The van der Waals surface area contributed by atoms with Crippen molar-refractivity contribution >= 4 is 16.9 Å². The van der Waals surface area contributed by atoms with Crippen molar-refractivity contribution in [1.29, 1.82) is 0 Å². The number of aromatic amines is 1. The van der Waals surface area contributed by atoms with E-state index in [0.29, 0.717) is 6.42 Å². The number of unbranched alkanes of at least 4 members (excludes halogenated alkanes) is 1. The number of imidazole rings is 1. The van der Waals surface area contributed by atoms with E-state index in [0.717, 1.165) is 48.7 Å². The molecule has 2 heterocycles. The van der Waals surface area contributed by atoms with Crippen molar-refractivity contribution in [2.75, 3.05) is 19.6 Å². The van der Waals surface area contributed by atoms with Crippen LogP contribution in [0.15, 0.2) is 24.3 Å². The van der Waals surface area contributed by atoms with Gasteiger partial charge < -0.3 is 15.2 Å². The molecule has 2 N–H and O–H groups in total. The zero-order valence-electron chi connectivity index (χ0n) is 16.0. The molecule has 1 aliphatic rings. The number of para-hydroxylation sites is 2. The summed E-state index contributed by atoms with van der Waals surface area (Å²) in [4.78, 5) is 22.4. The summed E-state index contributed by atoms with van der Waals surface area (Å²) in [6, 6.07) is 8.77. The molecule has 142 valence electrons. The highest BCUT2D eigenvalue weighted by Gasteiger charge is 2.17. The van der Waals surface area contributed by atoms with Crippen LogP contribution in [0, 0.1) is 0 Å². The average Bonchev–Trinajstić information content (AvgIpc) is 3.05. The van der Waals surface area contributed by atoms with Crippen LogP contribution in [-0.2, 0) is 11.2 Å². The number of H-pyrrole nitrogens is 1. The number of carbonyl (C=O) groups excluding carboxylic acids is 1. The second-order valence-corrected chi connectivity index (χ2v) is 7.49. The van der Waals surface area contributed by atoms with Crippen LogP contribution in [0.5, 0.6) is 0 Å². The number of hydrogen-bond acceptors (Lipinski definition) is 3. The zero-order chi connectivity index (χ0) is 18.2. The van der Waals surface area contributed by atoms with E-state index in [2.05, 4.69) is 27.1 Å². The number of carbonyl (C=O) groups is 1. The van der Waals surface area contributed by atoms with E-state index in [-0.39, 0.29) is 5.91 Å². The molecule has 0 spiro atoms. The summed E-state index contributed by atoms with van der Waals surface area (Å²) < 4.78 is 0. The molecule has 1 atom stereocenters. The van der Waals surface area contributed by atoms with E-state index in [1.165, 1.54) is 38.8 Å². The quantitative estimate of drug-likeness (QED) is 0.674. The molecule has 0 aliphatic carbocycles. The van der Waals surface area contributed by atoms with Crippen molar-refractivity contribution in [3.63, 3.8) is 0 Å². The van der Waals surface area contributed by atoms with Crippen LogP contribution >= 0.6 is 0 Å². The lowest BCUT2D eigenvalue weighted by Gasteiger charge is -2.33. The van der Waals surface area contributed by atoms with Crippen LogP contribution in [0.2, 0.25) is 0 Å². The Kier molecular flexibility index (Phi) is 7.06. The van der Waals surface area contributed by atoms with Crippen LogP contribution in [0.3, 0.4) is 0 Å². The second-order valence-electron chi connectivity index (χ2n) is 7.49. The predicted octanol–water partition coefficient (Wildman–Crippen LogP) is 3.66. The molecule has 1 aromatic heterocycles. The lowest BCUT2D eigenvalue weighted by Crippen LogP contribution is -2.38. The fourth-order valence-corrected chi connectivity index (χ4v) is 3.79. The number of piperidine rings is 1. The van der Waals surface area contributed by atoms with Gasteiger partial charge in [0, 0.05) is 25.4 Å². The topological polar surface area (TPSA) is 61.0 Å². The molecule has 0 radical (unpaired) electrons. The van der Waals surface area contributed by atoms with E-state index in [1.54, 1.807) is 0 Å². The molecule has 1 aromatic carbocycles. The average molecular weight is 357 g/mol. The maximum atomic E-state index is 12.0. The normalized spacial score (nSPS) is 18.3. The fraction of sp³-hybridized carbons (Fsp3) is 0.619. The van der Waals surface area contributed by atoms with Gasteiger partial charge in [-0.3, -0.25) is 4.79 Å². The van der Waals surface area contributed by atoms with E-state index in [9.17, 15) is 4.79 Å². The molecule has 5 nitrogen and oxygen atoms in total. The van der Waals surface area contributed by atoms with Crippen molar-refractivity contribution in [2.24, 2.45) is 0 Å². The summed E-state index contributed by atoms with van der Waals surface area (Å²) in [6.45, 7) is 5.55. The van der Waals surface area contributed by atoms with Crippen molar-refractivity contribution in [3.05, 3.63) is 30.1 Å². The number of aromatic nitrogens is 2. The Morgan fingerprint density at radius 2 is 2.15 bits per heavy atom. The van der Waals surface area contributed by atoms with Gasteiger partial charge in [0.1, 0.15) is 5.82 Å². The van der Waals surface area contributed by atoms with Gasteiger partial charge in [0.25, 0.3) is 0 Å². The predicted molar refractivity (Wildman–Crippen MR) is 106 cm³/mol. The molecule has 5 heteroatoms. The summed E-state index contributed by atoms with van der Waals surface area (Å²) in [7, 11) is 0. The third kappa shape index (κ3) is 5.56. The zero-order valence-corrected chi connectivity index (χ0v) is 16.0. The van der Waals surface area contributed by atoms with Gasteiger partial charge >= 0.3 is 0 Å². The minimum Gasteiger partial charge on any atom is -0.356 e. The van der Waals surface area contributed by atoms with Gasteiger partial charge in [-0.25, -0.2) is 4.98 Å². The van der Waals surface area contributed by atoms with Gasteiger partial charge in [0.15, 0.2) is 0 Å². The van der Waals surface area contributed by atoms with Gasteiger partial charge in [-0.1, -0.05) is 18.6 Å². The molecule has 3 rings (SSSR count). The van der Waals surface area contributed by atoms with Gasteiger partial charge in [-0.2, -0.15) is 0 Å². The number of nitrogens with zero attached hydrogens (tertiary/aromatic N) is 2. The van der Waals surface area contributed by atoms with Crippen LogP contribution < -0.4 is 5.32 Å². The lowest BCUT2D eigenvalue weighted by atomic mass is 10.0. The summed E-state index contributed by atoms with van der Waals surface area (Å²) in [6.07, 6.45) is 8.50. The highest BCUT2D eigenvalue weighted by atomic mass is 16.1. The monoisotopic (exact) mass is 356 g/mol. The van der Waals surface area contributed by atoms with Crippen molar-refractivity contribution < 1.29 is 4.79 Å². The number of benzene rings is 1. The number of aryl methyl sites for hydroxylation is 1. The first-order chi connectivity index (χ1) is 12.7. The molecular formula is C21H32N4O. The van der Waals surface area contributed by atoms with Gasteiger partial charge in [-0.05, 0) is 64.3 Å². The first-order valence-corrected chi connectivity index (χ1v) is 10.2. The second kappa shape index (κ2) is 9.72. The fourth-order valence-electron chi connectivity index (χ4n) is 3.79. The molecule has 0 unspecified atom stereocenters. The van der Waals surface area contributed by atoms with Gasteiger partial charge in [0.2, 0.25) is 5.91 Å². The van der Waals surface area contributed by atoms with Crippen LogP contribution in [0.4, 0.5) is 0 Å². The van der Waals surface area contributed by atoms with E-state index in [1.807, 2.05) is 24.3 Å². The maximum Gasteiger partial charge on any atom is 0.220 e. The van der Waals surface area contributed by atoms with Crippen LogP contribution in [0.1, 0.15) is 57.7 Å². The number of nitrogens with one attached hydrogen (secondary N) is 2. The van der Waals surface area contributed by atoms with Crippen molar-refractivity contribution in [3.8, 4) is 0 Å². The van der Waals surface area contributed by atoms with Crippen LogP contribution in [0.25, 0.3) is 11.0 Å². The first-order valence-electron chi connectivity index (χ1n) is 10.2. The third-order valence-corrected chi connectivity index (χ3v) is 5.39. The molecule has 26 heavy (non-hydrogen) atoms. The molecule has 0 bridgehead atoms. The largest absolute Gasteiger partial charge is 0.356 e. The number of hydrogen-bond donors (Lipinski definition) is 2. The van der Waals surface area contributed by atoms with E-state index < -0.39 is 0 Å². The Hall–Kier alpha value is -1.88. The Balaban J connectivity index is 1.25. The Morgan fingerprint density at radius 1 is 1.27 bits per heavy atom. The number of likely N-dealkylation sites (tertiary alicyclic amines) is 1. The SMILES string of the molecule is C[C@@H]1CCCCN1CCCCNC(=O)CCCc1nc2ccccc2[nH]1. The van der Waals surface area contributed by atoms with Crippen molar-refractivity contribution in [2.45, 2.75) is 64.3 Å². The summed E-state index contributed by atoms with van der Waals surface area (Å²) in [5.41, 5.74) is 2.06. The molecule has 1 amide bonds. The summed E-state index contributed by atoms with van der Waals surface area (Å²) in [5, 5.41) is 3.06. The molecule has 0 saturated carbocycles. The highest BCUT2D eigenvalue weighted by Crippen LogP contribution is 2.16. The number of rotatable bonds is 9. The summed E-state index contributed by atoms with van der Waals surface area (Å²) >= 11 is 0. The smallest absolute Gasteiger partial charge is 0.220 e. The van der Waals surface area contributed by atoms with Crippen molar-refractivity contribution in [1.82, 2.24) is 20.2 Å². The molecule has 1 saturated heterocycles. The minimum atomic E-state index is 0.160. The lowest BCUT2D eigenvalue weighted by molar-refractivity contribution is -0.121. The summed E-state index contributed by atoms with van der Waals surface area (Å²) in [5.74, 6) is 1.13. The minimum absolute atomic E-state index is 0.160. The number of fused-ring (bicyclic) bond motifs is 1. The van der Waals surface area contributed by atoms with E-state index in [4.69, 9.17) is 0 Å². The van der Waals surface area contributed by atoms with Crippen LogP contribution in [-0.4, -0.2) is 46.5 Å². The Morgan fingerprint density at radius 3 is 3.00 bits per heavy atom. The molecule has 1 fully saturated rings. The molecular weight excluding hydrogens is 324 g/mol. The molecule has 2 aromatic rings. The third-order valence-electron chi connectivity index (χ3n) is 5.39. The Bertz CT molecular complexity index is 663. The highest BCUT2D eigenvalue weighted by molar-refractivity contribution is 5.76. The maximum absolute atomic E-state index is 12.0. The first kappa shape index (κ1) is 18.9. The molecule has 1 aliphatic heterocycles. The van der Waals surface area contributed by atoms with E-state index >= 15 is 0 Å².